The summed E-state index contributed by atoms with van der Waals surface area (Å²) in [5.41, 5.74) is 2.36. The zero-order valence-electron chi connectivity index (χ0n) is 15.0. The van der Waals surface area contributed by atoms with Gasteiger partial charge in [-0.2, -0.15) is 0 Å². The van der Waals surface area contributed by atoms with E-state index in [1.807, 2.05) is 36.1 Å². The third-order valence-corrected chi connectivity index (χ3v) is 5.61. The van der Waals surface area contributed by atoms with Crippen LogP contribution in [0.5, 0.6) is 5.75 Å². The normalized spacial score (nSPS) is 16.6. The summed E-state index contributed by atoms with van der Waals surface area (Å²) in [5.74, 6) is 1.05. The van der Waals surface area contributed by atoms with Crippen molar-refractivity contribution in [1.29, 1.82) is 0 Å². The summed E-state index contributed by atoms with van der Waals surface area (Å²) in [5, 5.41) is 5.34. The summed E-state index contributed by atoms with van der Waals surface area (Å²) in [6, 6.07) is 10.2. The minimum atomic E-state index is -0.00877. The number of amides is 1. The molecule has 0 radical (unpaired) electrons. The Kier molecular flexibility index (Phi) is 6.10. The van der Waals surface area contributed by atoms with Gasteiger partial charge in [-0.15, -0.1) is 11.3 Å². The Morgan fingerprint density at radius 2 is 2.20 bits per heavy atom. The number of hydrogen-bond donors (Lipinski definition) is 1. The molecule has 1 aliphatic heterocycles. The molecule has 1 unspecified atom stereocenters. The first-order chi connectivity index (χ1) is 12.2. The highest BCUT2D eigenvalue weighted by atomic mass is 32.1. The second-order valence-electron chi connectivity index (χ2n) is 6.41. The van der Waals surface area contributed by atoms with Crippen molar-refractivity contribution in [1.82, 2.24) is 10.2 Å². The van der Waals surface area contributed by atoms with Crippen molar-refractivity contribution in [2.45, 2.75) is 32.7 Å². The van der Waals surface area contributed by atoms with E-state index in [1.165, 1.54) is 10.4 Å². The quantitative estimate of drug-likeness (QED) is 0.770. The van der Waals surface area contributed by atoms with Gasteiger partial charge in [-0.25, -0.2) is 0 Å². The number of thiophene rings is 1. The Balaban J connectivity index is 1.74. The molecule has 0 aliphatic carbocycles. The highest BCUT2D eigenvalue weighted by Crippen LogP contribution is 2.34. The molecule has 0 saturated carbocycles. The van der Waals surface area contributed by atoms with Crippen LogP contribution in [-0.2, 0) is 11.2 Å². The van der Waals surface area contributed by atoms with Gasteiger partial charge in [0.15, 0.2) is 0 Å². The summed E-state index contributed by atoms with van der Waals surface area (Å²) >= 11 is 1.78. The molecule has 2 aromatic rings. The topological polar surface area (TPSA) is 41.6 Å². The fraction of sp³-hybridized carbons (Fsp3) is 0.450. The van der Waals surface area contributed by atoms with Crippen LogP contribution in [0, 0.1) is 6.92 Å². The lowest BCUT2D eigenvalue weighted by molar-refractivity contribution is -0.133. The molecule has 134 valence electrons. The predicted octanol–water partition coefficient (Wildman–Crippen LogP) is 3.56. The first-order valence-electron chi connectivity index (χ1n) is 8.95. The number of carbonyl (C=O) groups excluding carboxylic acids is 1. The molecule has 0 bridgehead atoms. The van der Waals surface area contributed by atoms with Gasteiger partial charge in [-0.1, -0.05) is 25.1 Å². The first-order valence-corrected chi connectivity index (χ1v) is 9.83. The summed E-state index contributed by atoms with van der Waals surface area (Å²) in [6.45, 7) is 6.68. The number of rotatable bonds is 7. The van der Waals surface area contributed by atoms with E-state index in [-0.39, 0.29) is 11.9 Å². The van der Waals surface area contributed by atoms with Crippen molar-refractivity contribution in [2.75, 3.05) is 26.2 Å². The lowest BCUT2D eigenvalue weighted by atomic mass is 10.0. The summed E-state index contributed by atoms with van der Waals surface area (Å²) in [6.07, 6.45) is 1.97. The molecule has 1 atom stereocenters. The minimum absolute atomic E-state index is 0.00877. The fourth-order valence-corrected chi connectivity index (χ4v) is 4.16. The standard InChI is InChI=1S/C20H26N2O2S/c1-3-10-21-13-20(23)22-11-8-19-16(9-12-25-19)17(22)14-24-18-7-5-4-6-15(18)2/h4-7,9,12,17,21H,3,8,10-11,13-14H2,1-2H3. The molecule has 1 N–H and O–H groups in total. The molecule has 25 heavy (non-hydrogen) atoms. The van der Waals surface area contributed by atoms with E-state index in [0.29, 0.717) is 13.2 Å². The van der Waals surface area contributed by atoms with Gasteiger partial charge in [0.25, 0.3) is 0 Å². The second kappa shape index (κ2) is 8.50. The van der Waals surface area contributed by atoms with Crippen molar-refractivity contribution in [3.05, 3.63) is 51.7 Å². The number of fused-ring (bicyclic) bond motifs is 1. The van der Waals surface area contributed by atoms with Crippen LogP contribution in [0.3, 0.4) is 0 Å². The lowest BCUT2D eigenvalue weighted by Gasteiger charge is -2.36. The molecular formula is C20H26N2O2S. The number of hydrogen-bond acceptors (Lipinski definition) is 4. The fourth-order valence-electron chi connectivity index (χ4n) is 3.24. The number of para-hydroxylation sites is 1. The van der Waals surface area contributed by atoms with Crippen molar-refractivity contribution in [2.24, 2.45) is 0 Å². The second-order valence-corrected chi connectivity index (χ2v) is 7.41. The Labute approximate surface area is 153 Å². The Morgan fingerprint density at radius 3 is 3.00 bits per heavy atom. The van der Waals surface area contributed by atoms with Crippen LogP contribution in [-0.4, -0.2) is 37.0 Å². The predicted molar refractivity (Wildman–Crippen MR) is 102 cm³/mol. The van der Waals surface area contributed by atoms with Gasteiger partial charge in [0.2, 0.25) is 5.91 Å². The van der Waals surface area contributed by atoms with Crippen molar-refractivity contribution >= 4 is 17.2 Å². The van der Waals surface area contributed by atoms with Crippen LogP contribution in [0.15, 0.2) is 35.7 Å². The maximum Gasteiger partial charge on any atom is 0.237 e. The average Bonchev–Trinajstić information content (AvgIpc) is 3.10. The number of benzene rings is 1. The molecule has 0 fully saturated rings. The SMILES string of the molecule is CCCNCC(=O)N1CCc2sccc2C1COc1ccccc1C. The molecular weight excluding hydrogens is 332 g/mol. The van der Waals surface area contributed by atoms with Crippen LogP contribution >= 0.6 is 11.3 Å². The molecule has 0 spiro atoms. The van der Waals surface area contributed by atoms with Gasteiger partial charge in [0.05, 0.1) is 12.6 Å². The molecule has 0 saturated heterocycles. The van der Waals surface area contributed by atoms with Gasteiger partial charge >= 0.3 is 0 Å². The first kappa shape index (κ1) is 18.0. The van der Waals surface area contributed by atoms with E-state index in [1.54, 1.807) is 11.3 Å². The summed E-state index contributed by atoms with van der Waals surface area (Å²) in [7, 11) is 0. The van der Waals surface area contributed by atoms with Crippen molar-refractivity contribution in [3.63, 3.8) is 0 Å². The van der Waals surface area contributed by atoms with E-state index in [4.69, 9.17) is 4.74 Å². The molecule has 1 aromatic carbocycles. The monoisotopic (exact) mass is 358 g/mol. The van der Waals surface area contributed by atoms with Crippen LogP contribution < -0.4 is 10.1 Å². The van der Waals surface area contributed by atoms with Crippen LogP contribution in [0.25, 0.3) is 0 Å². The van der Waals surface area contributed by atoms with Gasteiger partial charge < -0.3 is 15.0 Å². The van der Waals surface area contributed by atoms with Gasteiger partial charge in [0.1, 0.15) is 12.4 Å². The van der Waals surface area contributed by atoms with E-state index in [0.717, 1.165) is 37.2 Å². The Morgan fingerprint density at radius 1 is 1.36 bits per heavy atom. The number of aryl methyl sites for hydroxylation is 1. The average molecular weight is 359 g/mol. The minimum Gasteiger partial charge on any atom is -0.491 e. The molecule has 1 aliphatic rings. The third kappa shape index (κ3) is 4.22. The lowest BCUT2D eigenvalue weighted by Crippen LogP contribution is -2.45. The highest BCUT2D eigenvalue weighted by Gasteiger charge is 2.31. The molecule has 3 rings (SSSR count). The van der Waals surface area contributed by atoms with E-state index in [9.17, 15) is 4.79 Å². The smallest absolute Gasteiger partial charge is 0.237 e. The zero-order chi connectivity index (χ0) is 17.6. The number of nitrogens with zero attached hydrogens (tertiary/aromatic N) is 1. The molecule has 5 heteroatoms. The molecule has 2 heterocycles. The maximum atomic E-state index is 12.7. The number of ether oxygens (including phenoxy) is 1. The van der Waals surface area contributed by atoms with Gasteiger partial charge in [0, 0.05) is 11.4 Å². The van der Waals surface area contributed by atoms with Gasteiger partial charge in [-0.3, -0.25) is 4.79 Å². The van der Waals surface area contributed by atoms with E-state index < -0.39 is 0 Å². The van der Waals surface area contributed by atoms with Crippen LogP contribution in [0.1, 0.15) is 35.4 Å². The summed E-state index contributed by atoms with van der Waals surface area (Å²) in [4.78, 5) is 16.1. The van der Waals surface area contributed by atoms with Crippen LogP contribution in [0.2, 0.25) is 0 Å². The molecule has 4 nitrogen and oxygen atoms in total. The zero-order valence-corrected chi connectivity index (χ0v) is 15.8. The van der Waals surface area contributed by atoms with Gasteiger partial charge in [-0.05, 0) is 54.9 Å². The third-order valence-electron chi connectivity index (χ3n) is 4.61. The number of nitrogens with one attached hydrogen (secondary N) is 1. The molecule has 1 aromatic heterocycles. The van der Waals surface area contributed by atoms with E-state index >= 15 is 0 Å². The Bertz CT molecular complexity index is 713. The van der Waals surface area contributed by atoms with Crippen molar-refractivity contribution < 1.29 is 9.53 Å². The van der Waals surface area contributed by atoms with E-state index in [2.05, 4.69) is 23.7 Å². The largest absolute Gasteiger partial charge is 0.491 e. The highest BCUT2D eigenvalue weighted by molar-refractivity contribution is 7.10. The van der Waals surface area contributed by atoms with Crippen molar-refractivity contribution in [3.8, 4) is 5.75 Å². The Hall–Kier alpha value is -1.85. The molecule has 1 amide bonds. The maximum absolute atomic E-state index is 12.7. The van der Waals surface area contributed by atoms with Crippen LogP contribution in [0.4, 0.5) is 0 Å². The number of carbonyl (C=O) groups is 1. The summed E-state index contributed by atoms with van der Waals surface area (Å²) < 4.78 is 6.10.